The van der Waals surface area contributed by atoms with Crippen molar-refractivity contribution in [2.75, 3.05) is 0 Å². The van der Waals surface area contributed by atoms with Crippen molar-refractivity contribution < 1.29 is 0 Å². The van der Waals surface area contributed by atoms with Gasteiger partial charge in [-0.05, 0) is 42.5 Å². The topological polar surface area (TPSA) is 4.93 Å². The minimum atomic E-state index is 0.662. The van der Waals surface area contributed by atoms with Gasteiger partial charge in [0, 0.05) is 18.4 Å². The molecule has 76 valence electrons. The van der Waals surface area contributed by atoms with Crippen LogP contribution in [0.1, 0.15) is 23.6 Å². The number of aromatic nitrogens is 1. The van der Waals surface area contributed by atoms with Crippen molar-refractivity contribution in [2.45, 2.75) is 25.3 Å². The summed E-state index contributed by atoms with van der Waals surface area (Å²) in [6, 6.07) is 13.7. The smallest absolute Gasteiger partial charge is 0.0374 e. The number of nitrogens with zero attached hydrogens (tertiary/aromatic N) is 1. The van der Waals surface area contributed by atoms with E-state index in [0.717, 1.165) is 0 Å². The van der Waals surface area contributed by atoms with Gasteiger partial charge in [-0.1, -0.05) is 24.3 Å². The lowest BCUT2D eigenvalue weighted by molar-refractivity contribution is 0.444. The lowest BCUT2D eigenvalue weighted by atomic mass is 9.88. The second-order valence-electron chi connectivity index (χ2n) is 4.30. The quantitative estimate of drug-likeness (QED) is 0.661. The van der Waals surface area contributed by atoms with Crippen LogP contribution in [0, 0.1) is 0 Å². The summed E-state index contributed by atoms with van der Waals surface area (Å²) < 4.78 is 2.34. The summed E-state index contributed by atoms with van der Waals surface area (Å²) in [6.07, 6.45) is 8.03. The average Bonchev–Trinajstić information content (AvgIpc) is 2.82. The fraction of sp³-hybridized carbons (Fsp3) is 0.286. The van der Waals surface area contributed by atoms with Crippen molar-refractivity contribution in [3.05, 3.63) is 59.9 Å². The first kappa shape index (κ1) is 8.78. The Balaban J connectivity index is 1.89. The van der Waals surface area contributed by atoms with Crippen molar-refractivity contribution in [3.63, 3.8) is 0 Å². The molecule has 0 bridgehead atoms. The maximum atomic E-state index is 2.34. The summed E-state index contributed by atoms with van der Waals surface area (Å²) >= 11 is 0. The Bertz CT molecular complexity index is 442. The van der Waals surface area contributed by atoms with E-state index in [1.165, 1.54) is 24.8 Å². The molecule has 1 heterocycles. The van der Waals surface area contributed by atoms with Crippen molar-refractivity contribution in [2.24, 2.45) is 0 Å². The lowest BCUT2D eigenvalue weighted by Crippen LogP contribution is -2.17. The van der Waals surface area contributed by atoms with Crippen molar-refractivity contribution in [1.82, 2.24) is 4.57 Å². The van der Waals surface area contributed by atoms with Gasteiger partial charge in [0.25, 0.3) is 0 Å². The fourth-order valence-corrected chi connectivity index (χ4v) is 2.52. The summed E-state index contributed by atoms with van der Waals surface area (Å²) in [4.78, 5) is 0. The summed E-state index contributed by atoms with van der Waals surface area (Å²) in [6.45, 7) is 0. The van der Waals surface area contributed by atoms with Crippen LogP contribution in [-0.4, -0.2) is 4.57 Å². The molecule has 0 saturated carbocycles. The monoisotopic (exact) mass is 197 g/mol. The average molecular weight is 197 g/mol. The molecule has 1 unspecified atom stereocenters. The largest absolute Gasteiger partial charge is 0.351 e. The van der Waals surface area contributed by atoms with E-state index >= 15 is 0 Å². The number of hydrogen-bond acceptors (Lipinski definition) is 0. The molecule has 1 aliphatic rings. The van der Waals surface area contributed by atoms with Gasteiger partial charge in [-0.2, -0.15) is 0 Å². The van der Waals surface area contributed by atoms with Gasteiger partial charge >= 0.3 is 0 Å². The van der Waals surface area contributed by atoms with Gasteiger partial charge in [0.1, 0.15) is 0 Å². The van der Waals surface area contributed by atoms with Crippen LogP contribution in [0.2, 0.25) is 0 Å². The Hall–Kier alpha value is -1.50. The zero-order valence-electron chi connectivity index (χ0n) is 8.76. The van der Waals surface area contributed by atoms with Crippen LogP contribution >= 0.6 is 0 Å². The van der Waals surface area contributed by atoms with E-state index in [0.29, 0.717) is 6.04 Å². The van der Waals surface area contributed by atoms with Gasteiger partial charge in [0.05, 0.1) is 0 Å². The van der Waals surface area contributed by atoms with Crippen LogP contribution in [0.15, 0.2) is 48.8 Å². The maximum absolute atomic E-state index is 2.34. The lowest BCUT2D eigenvalue weighted by Gasteiger charge is -2.25. The highest BCUT2D eigenvalue weighted by atomic mass is 15.0. The molecule has 3 rings (SSSR count). The highest BCUT2D eigenvalue weighted by molar-refractivity contribution is 5.30. The molecule has 1 nitrogen and oxygen atoms in total. The summed E-state index contributed by atoms with van der Waals surface area (Å²) in [7, 11) is 0. The van der Waals surface area contributed by atoms with Gasteiger partial charge < -0.3 is 4.57 Å². The molecule has 15 heavy (non-hydrogen) atoms. The molecule has 1 aromatic heterocycles. The van der Waals surface area contributed by atoms with Crippen LogP contribution in [-0.2, 0) is 12.8 Å². The summed E-state index contributed by atoms with van der Waals surface area (Å²) in [5, 5.41) is 0. The Kier molecular flexibility index (Phi) is 2.09. The first-order valence-corrected chi connectivity index (χ1v) is 5.63. The van der Waals surface area contributed by atoms with E-state index in [1.807, 2.05) is 0 Å². The molecule has 0 aliphatic heterocycles. The molecule has 0 N–H and O–H groups in total. The molecule has 1 aliphatic carbocycles. The van der Waals surface area contributed by atoms with E-state index in [-0.39, 0.29) is 0 Å². The van der Waals surface area contributed by atoms with E-state index in [1.54, 1.807) is 5.56 Å². The highest BCUT2D eigenvalue weighted by Gasteiger charge is 2.18. The highest BCUT2D eigenvalue weighted by Crippen LogP contribution is 2.28. The Morgan fingerprint density at radius 3 is 2.47 bits per heavy atom. The molecule has 0 amide bonds. The SMILES string of the molecule is c1ccc2c(c1)CCC(n1cccc1)C2. The molecule has 1 heteroatoms. The molecule has 2 aromatic rings. The van der Waals surface area contributed by atoms with Gasteiger partial charge in [0.15, 0.2) is 0 Å². The van der Waals surface area contributed by atoms with Crippen LogP contribution in [0.3, 0.4) is 0 Å². The van der Waals surface area contributed by atoms with Crippen LogP contribution < -0.4 is 0 Å². The molecule has 1 aromatic carbocycles. The number of rotatable bonds is 1. The molecule has 1 atom stereocenters. The van der Waals surface area contributed by atoms with Gasteiger partial charge in [-0.25, -0.2) is 0 Å². The van der Waals surface area contributed by atoms with Crippen LogP contribution in [0.4, 0.5) is 0 Å². The molecule has 0 spiro atoms. The van der Waals surface area contributed by atoms with Crippen LogP contribution in [0.25, 0.3) is 0 Å². The predicted molar refractivity (Wildman–Crippen MR) is 61.9 cm³/mol. The molecule has 0 radical (unpaired) electrons. The summed E-state index contributed by atoms with van der Waals surface area (Å²) in [5.74, 6) is 0. The zero-order valence-corrected chi connectivity index (χ0v) is 8.76. The molecular weight excluding hydrogens is 182 g/mol. The van der Waals surface area contributed by atoms with Crippen LogP contribution in [0.5, 0.6) is 0 Å². The second-order valence-corrected chi connectivity index (χ2v) is 4.30. The van der Waals surface area contributed by atoms with Crippen molar-refractivity contribution >= 4 is 0 Å². The molecule has 0 fully saturated rings. The number of hydrogen-bond donors (Lipinski definition) is 0. The first-order chi connectivity index (χ1) is 7.43. The number of benzene rings is 1. The number of fused-ring (bicyclic) bond motifs is 1. The minimum absolute atomic E-state index is 0.662. The Morgan fingerprint density at radius 1 is 0.933 bits per heavy atom. The van der Waals surface area contributed by atoms with Gasteiger partial charge in [0.2, 0.25) is 0 Å². The van der Waals surface area contributed by atoms with E-state index in [9.17, 15) is 0 Å². The van der Waals surface area contributed by atoms with E-state index in [2.05, 4.69) is 53.4 Å². The third-order valence-electron chi connectivity index (χ3n) is 3.37. The minimum Gasteiger partial charge on any atom is -0.351 e. The zero-order chi connectivity index (χ0) is 10.1. The second kappa shape index (κ2) is 3.58. The standard InChI is InChI=1S/C14H15N/c1-2-6-13-11-14(8-7-12(13)5-1)15-9-3-4-10-15/h1-6,9-10,14H,7-8,11H2. The Labute approximate surface area is 90.4 Å². The first-order valence-electron chi connectivity index (χ1n) is 5.63. The van der Waals surface area contributed by atoms with E-state index < -0.39 is 0 Å². The van der Waals surface area contributed by atoms with E-state index in [4.69, 9.17) is 0 Å². The maximum Gasteiger partial charge on any atom is 0.0374 e. The number of aryl methyl sites for hydroxylation is 1. The summed E-state index contributed by atoms with van der Waals surface area (Å²) in [5.41, 5.74) is 3.07. The third-order valence-corrected chi connectivity index (χ3v) is 3.37. The third kappa shape index (κ3) is 1.58. The normalized spacial score (nSPS) is 19.9. The van der Waals surface area contributed by atoms with Gasteiger partial charge in [-0.3, -0.25) is 0 Å². The van der Waals surface area contributed by atoms with Gasteiger partial charge in [-0.15, -0.1) is 0 Å². The van der Waals surface area contributed by atoms with Crippen molar-refractivity contribution in [1.29, 1.82) is 0 Å². The molecule has 0 saturated heterocycles. The fourth-order valence-electron chi connectivity index (χ4n) is 2.52. The van der Waals surface area contributed by atoms with Crippen molar-refractivity contribution in [3.8, 4) is 0 Å². The molecular formula is C14H15N. The Morgan fingerprint density at radius 2 is 1.67 bits per heavy atom. The predicted octanol–water partition coefficient (Wildman–Crippen LogP) is 3.22.